The molecule has 1 aliphatic heterocycles. The predicted molar refractivity (Wildman–Crippen MR) is 85.9 cm³/mol. The van der Waals surface area contributed by atoms with Crippen LogP contribution in [0.4, 0.5) is 0 Å². The third-order valence-electron chi connectivity index (χ3n) is 5.33. The maximum absolute atomic E-state index is 9.48. The van der Waals surface area contributed by atoms with Crippen molar-refractivity contribution in [1.82, 2.24) is 4.98 Å². The largest absolute Gasteiger partial charge is 0.497 e. The Morgan fingerprint density at radius 3 is 2.27 bits per heavy atom. The van der Waals surface area contributed by atoms with Gasteiger partial charge >= 0.3 is 7.12 Å². The predicted octanol–water partition coefficient (Wildman–Crippen LogP) is 2.91. The molecule has 2 aliphatic rings. The van der Waals surface area contributed by atoms with Gasteiger partial charge in [0.15, 0.2) is 0 Å². The lowest BCUT2D eigenvalue weighted by atomic mass is 9.77. The fourth-order valence-corrected chi connectivity index (χ4v) is 3.18. The molecule has 0 radical (unpaired) electrons. The molecule has 5 heteroatoms. The Bertz CT molecular complexity index is 600. The van der Waals surface area contributed by atoms with Crippen LogP contribution in [0.5, 0.6) is 0 Å². The standard InChI is InChI=1S/C17H23BN2O2/c1-16(2)17(3,4)22-18(21-16)13-9-10-14(20-15(13)11-19)12-7-5-6-8-12/h9-10,12H,5-8H2,1-4H3. The van der Waals surface area contributed by atoms with E-state index >= 15 is 0 Å². The Kier molecular flexibility index (Phi) is 3.78. The van der Waals surface area contributed by atoms with E-state index < -0.39 is 18.3 Å². The number of hydrogen-bond donors (Lipinski definition) is 0. The van der Waals surface area contributed by atoms with E-state index in [9.17, 15) is 5.26 Å². The van der Waals surface area contributed by atoms with Crippen LogP contribution >= 0.6 is 0 Å². The molecule has 1 aromatic rings. The van der Waals surface area contributed by atoms with Crippen molar-refractivity contribution in [2.45, 2.75) is 70.5 Å². The van der Waals surface area contributed by atoms with E-state index in [0.717, 1.165) is 11.2 Å². The molecule has 0 unspecified atom stereocenters. The van der Waals surface area contributed by atoms with E-state index in [2.05, 4.69) is 11.1 Å². The summed E-state index contributed by atoms with van der Waals surface area (Å²) in [6, 6.07) is 6.22. The van der Waals surface area contributed by atoms with Crippen LogP contribution < -0.4 is 5.46 Å². The summed E-state index contributed by atoms with van der Waals surface area (Å²) >= 11 is 0. The summed E-state index contributed by atoms with van der Waals surface area (Å²) in [5.41, 5.74) is 1.39. The van der Waals surface area contributed by atoms with E-state index in [1.165, 1.54) is 25.7 Å². The van der Waals surface area contributed by atoms with Gasteiger partial charge in [-0.3, -0.25) is 0 Å². The molecular formula is C17H23BN2O2. The van der Waals surface area contributed by atoms with Crippen LogP contribution in [-0.4, -0.2) is 23.3 Å². The molecule has 0 atom stereocenters. The van der Waals surface area contributed by atoms with Crippen LogP contribution in [0.1, 0.15) is 70.7 Å². The lowest BCUT2D eigenvalue weighted by Crippen LogP contribution is -2.41. The Labute approximate surface area is 133 Å². The maximum Gasteiger partial charge on any atom is 0.497 e. The van der Waals surface area contributed by atoms with Crippen molar-refractivity contribution >= 4 is 12.6 Å². The van der Waals surface area contributed by atoms with E-state index in [1.807, 2.05) is 39.8 Å². The van der Waals surface area contributed by atoms with Gasteiger partial charge in [-0.1, -0.05) is 18.9 Å². The number of nitriles is 1. The van der Waals surface area contributed by atoms with E-state index in [0.29, 0.717) is 11.6 Å². The highest BCUT2D eigenvalue weighted by atomic mass is 16.7. The minimum absolute atomic E-state index is 0.408. The minimum Gasteiger partial charge on any atom is -0.399 e. The summed E-state index contributed by atoms with van der Waals surface area (Å²) in [5.74, 6) is 0.499. The zero-order valence-electron chi connectivity index (χ0n) is 13.8. The zero-order chi connectivity index (χ0) is 16.0. The highest BCUT2D eigenvalue weighted by molar-refractivity contribution is 6.62. The van der Waals surface area contributed by atoms with Crippen LogP contribution in [-0.2, 0) is 9.31 Å². The van der Waals surface area contributed by atoms with Crippen LogP contribution in [0.2, 0.25) is 0 Å². The first-order chi connectivity index (χ1) is 10.3. The summed E-state index contributed by atoms with van der Waals surface area (Å²) < 4.78 is 12.1. The number of nitrogens with zero attached hydrogens (tertiary/aromatic N) is 2. The van der Waals surface area contributed by atoms with Crippen molar-refractivity contribution in [2.24, 2.45) is 0 Å². The Balaban J connectivity index is 1.90. The number of rotatable bonds is 2. The van der Waals surface area contributed by atoms with E-state index in [-0.39, 0.29) is 0 Å². The molecule has 2 fully saturated rings. The molecule has 1 aliphatic carbocycles. The second kappa shape index (κ2) is 5.36. The Morgan fingerprint density at radius 1 is 1.14 bits per heavy atom. The van der Waals surface area contributed by atoms with Gasteiger partial charge in [-0.15, -0.1) is 0 Å². The molecule has 0 spiro atoms. The van der Waals surface area contributed by atoms with E-state index in [4.69, 9.17) is 9.31 Å². The molecule has 4 nitrogen and oxygen atoms in total. The number of hydrogen-bond acceptors (Lipinski definition) is 4. The van der Waals surface area contributed by atoms with Gasteiger partial charge < -0.3 is 9.31 Å². The number of pyridine rings is 1. The average Bonchev–Trinajstić information content (AvgIpc) is 3.05. The minimum atomic E-state index is -0.523. The van der Waals surface area contributed by atoms with Gasteiger partial charge in [-0.25, -0.2) is 4.98 Å². The van der Waals surface area contributed by atoms with Gasteiger partial charge in [0.05, 0.1) is 11.2 Å². The smallest absolute Gasteiger partial charge is 0.399 e. The summed E-state index contributed by atoms with van der Waals surface area (Å²) in [6.45, 7) is 8.05. The maximum atomic E-state index is 9.48. The van der Waals surface area contributed by atoms with Crippen molar-refractivity contribution in [3.63, 3.8) is 0 Å². The van der Waals surface area contributed by atoms with Crippen molar-refractivity contribution in [2.75, 3.05) is 0 Å². The Hall–Kier alpha value is -1.38. The number of aromatic nitrogens is 1. The first-order valence-electron chi connectivity index (χ1n) is 8.11. The van der Waals surface area contributed by atoms with Gasteiger partial charge in [-0.05, 0) is 46.6 Å². The molecule has 3 rings (SSSR count). The monoisotopic (exact) mass is 298 g/mol. The molecule has 1 aromatic heterocycles. The van der Waals surface area contributed by atoms with Crippen LogP contribution in [0.25, 0.3) is 0 Å². The normalized spacial score (nSPS) is 23.7. The first-order valence-corrected chi connectivity index (χ1v) is 8.11. The summed E-state index contributed by atoms with van der Waals surface area (Å²) in [4.78, 5) is 4.59. The summed E-state index contributed by atoms with van der Waals surface area (Å²) in [5, 5.41) is 9.48. The molecule has 0 amide bonds. The SMILES string of the molecule is CC1(C)OB(c2ccc(C3CCCC3)nc2C#N)OC1(C)C. The first kappa shape index (κ1) is 15.5. The molecule has 116 valence electrons. The highest BCUT2D eigenvalue weighted by Crippen LogP contribution is 2.37. The molecular weight excluding hydrogens is 275 g/mol. The quantitative estimate of drug-likeness (QED) is 0.788. The fourth-order valence-electron chi connectivity index (χ4n) is 3.18. The highest BCUT2D eigenvalue weighted by Gasteiger charge is 2.52. The van der Waals surface area contributed by atoms with Crippen molar-refractivity contribution in [1.29, 1.82) is 5.26 Å². The fraction of sp³-hybridized carbons (Fsp3) is 0.647. The third kappa shape index (κ3) is 2.55. The average molecular weight is 298 g/mol. The second-order valence-electron chi connectivity index (χ2n) is 7.36. The zero-order valence-corrected chi connectivity index (χ0v) is 13.8. The van der Waals surface area contributed by atoms with Crippen molar-refractivity contribution in [3.05, 3.63) is 23.5 Å². The Morgan fingerprint density at radius 2 is 1.73 bits per heavy atom. The topological polar surface area (TPSA) is 55.1 Å². The van der Waals surface area contributed by atoms with Crippen LogP contribution in [0.3, 0.4) is 0 Å². The lowest BCUT2D eigenvalue weighted by molar-refractivity contribution is 0.00578. The van der Waals surface area contributed by atoms with Gasteiger partial charge in [-0.2, -0.15) is 5.26 Å². The van der Waals surface area contributed by atoms with Crippen LogP contribution in [0.15, 0.2) is 12.1 Å². The second-order valence-corrected chi connectivity index (χ2v) is 7.36. The molecule has 0 bridgehead atoms. The van der Waals surface area contributed by atoms with Crippen molar-refractivity contribution in [3.8, 4) is 6.07 Å². The lowest BCUT2D eigenvalue weighted by Gasteiger charge is -2.32. The molecule has 2 heterocycles. The van der Waals surface area contributed by atoms with E-state index in [1.54, 1.807) is 0 Å². The van der Waals surface area contributed by atoms with Gasteiger partial charge in [0.2, 0.25) is 0 Å². The van der Waals surface area contributed by atoms with Crippen molar-refractivity contribution < 1.29 is 9.31 Å². The molecule has 1 saturated carbocycles. The van der Waals surface area contributed by atoms with Gasteiger partial charge in [0.1, 0.15) is 11.8 Å². The molecule has 22 heavy (non-hydrogen) atoms. The summed E-state index contributed by atoms with van der Waals surface area (Å²) in [6.07, 6.45) is 4.86. The summed E-state index contributed by atoms with van der Waals surface area (Å²) in [7, 11) is -0.523. The molecule has 0 aromatic carbocycles. The molecule has 0 N–H and O–H groups in total. The van der Waals surface area contributed by atoms with Gasteiger partial charge in [0, 0.05) is 17.1 Å². The van der Waals surface area contributed by atoms with Crippen LogP contribution in [0, 0.1) is 11.3 Å². The third-order valence-corrected chi connectivity index (χ3v) is 5.33. The molecule has 1 saturated heterocycles. The van der Waals surface area contributed by atoms with Gasteiger partial charge in [0.25, 0.3) is 0 Å².